The molecule has 0 unspecified atom stereocenters. The summed E-state index contributed by atoms with van der Waals surface area (Å²) in [7, 11) is 1.63. The van der Waals surface area contributed by atoms with Crippen molar-refractivity contribution in [2.45, 2.75) is 26.2 Å². The van der Waals surface area contributed by atoms with Crippen molar-refractivity contribution in [2.24, 2.45) is 0 Å². The molecule has 0 bridgehead atoms. The highest BCUT2D eigenvalue weighted by atomic mass is 32.2. The second-order valence-electron chi connectivity index (χ2n) is 5.93. The lowest BCUT2D eigenvalue weighted by Crippen LogP contribution is -2.29. The van der Waals surface area contributed by atoms with Crippen LogP contribution >= 0.6 is 24.0 Å². The molecule has 3 rings (SSSR count). The van der Waals surface area contributed by atoms with Crippen LogP contribution in [0.25, 0.3) is 6.08 Å². The van der Waals surface area contributed by atoms with Gasteiger partial charge in [0, 0.05) is 12.1 Å². The Balaban J connectivity index is 1.78. The molecule has 1 aromatic rings. The molecule has 4 nitrogen and oxygen atoms in total. The molecular weight excluding hydrogens is 354 g/mol. The Morgan fingerprint density at radius 1 is 1.40 bits per heavy atom. The van der Waals surface area contributed by atoms with E-state index in [1.165, 1.54) is 11.8 Å². The van der Waals surface area contributed by atoms with Gasteiger partial charge in [-0.2, -0.15) is 0 Å². The largest absolute Gasteiger partial charge is 0.493 e. The fourth-order valence-electron chi connectivity index (χ4n) is 2.82. The molecule has 1 fully saturated rings. The van der Waals surface area contributed by atoms with Gasteiger partial charge >= 0.3 is 0 Å². The minimum Gasteiger partial charge on any atom is -0.493 e. The van der Waals surface area contributed by atoms with Crippen LogP contribution in [0.15, 0.2) is 34.8 Å². The first-order valence-electron chi connectivity index (χ1n) is 8.39. The highest BCUT2D eigenvalue weighted by Gasteiger charge is 2.31. The van der Waals surface area contributed by atoms with E-state index in [-0.39, 0.29) is 5.91 Å². The van der Waals surface area contributed by atoms with E-state index in [0.29, 0.717) is 22.4 Å². The number of fused-ring (bicyclic) bond motifs is 1. The van der Waals surface area contributed by atoms with E-state index in [2.05, 4.69) is 6.92 Å². The van der Waals surface area contributed by atoms with Gasteiger partial charge in [0.25, 0.3) is 5.91 Å². The normalized spacial score (nSPS) is 18.2. The summed E-state index contributed by atoms with van der Waals surface area (Å²) in [6, 6.07) is 5.77. The molecule has 25 heavy (non-hydrogen) atoms. The highest BCUT2D eigenvalue weighted by Crippen LogP contribution is 2.37. The standard InChI is InChI=1S/C19H21NO3S2/c1-3-4-5-9-20-18(21)16(25-19(20)24)11-13-10-14-7-6-8-15(22-2)17(14)23-12-13/h6-8,10-11H,3-5,9,12H2,1-2H3. The van der Waals surface area contributed by atoms with Crippen LogP contribution in [0.3, 0.4) is 0 Å². The van der Waals surface area contributed by atoms with Gasteiger partial charge in [-0.25, -0.2) is 0 Å². The quantitative estimate of drug-likeness (QED) is 0.418. The number of thioether (sulfide) groups is 1. The summed E-state index contributed by atoms with van der Waals surface area (Å²) in [6.07, 6.45) is 7.13. The lowest BCUT2D eigenvalue weighted by molar-refractivity contribution is -0.122. The van der Waals surface area contributed by atoms with E-state index in [9.17, 15) is 4.79 Å². The second-order valence-corrected chi connectivity index (χ2v) is 7.60. The minimum absolute atomic E-state index is 0.00319. The van der Waals surface area contributed by atoms with Gasteiger partial charge in [0.1, 0.15) is 10.9 Å². The second kappa shape index (κ2) is 8.06. The highest BCUT2D eigenvalue weighted by molar-refractivity contribution is 8.26. The van der Waals surface area contributed by atoms with Crippen LogP contribution in [0.1, 0.15) is 31.7 Å². The third-order valence-corrected chi connectivity index (χ3v) is 5.51. The first kappa shape index (κ1) is 18.0. The predicted molar refractivity (Wildman–Crippen MR) is 106 cm³/mol. The van der Waals surface area contributed by atoms with E-state index in [4.69, 9.17) is 21.7 Å². The average Bonchev–Trinajstić information content (AvgIpc) is 2.88. The summed E-state index contributed by atoms with van der Waals surface area (Å²) in [4.78, 5) is 15.0. The van der Waals surface area contributed by atoms with Gasteiger partial charge in [0.05, 0.1) is 12.0 Å². The lowest BCUT2D eigenvalue weighted by Gasteiger charge is -2.18. The summed E-state index contributed by atoms with van der Waals surface area (Å²) in [5.41, 5.74) is 1.91. The molecule has 132 valence electrons. The molecule has 0 aliphatic carbocycles. The number of benzene rings is 1. The summed E-state index contributed by atoms with van der Waals surface area (Å²) in [6.45, 7) is 3.26. The molecule has 0 saturated carbocycles. The number of amides is 1. The van der Waals surface area contributed by atoms with Crippen LogP contribution in [0, 0.1) is 0 Å². The van der Waals surface area contributed by atoms with Gasteiger partial charge in [0.15, 0.2) is 11.5 Å². The molecule has 1 saturated heterocycles. The molecule has 0 atom stereocenters. The maximum atomic E-state index is 12.6. The van der Waals surface area contributed by atoms with Gasteiger partial charge in [-0.15, -0.1) is 0 Å². The number of methoxy groups -OCH3 is 1. The van der Waals surface area contributed by atoms with E-state index in [1.807, 2.05) is 30.4 Å². The molecule has 6 heteroatoms. The Morgan fingerprint density at radius 2 is 2.24 bits per heavy atom. The average molecular weight is 376 g/mol. The van der Waals surface area contributed by atoms with Crippen LogP contribution in [-0.2, 0) is 4.79 Å². The zero-order valence-corrected chi connectivity index (χ0v) is 16.0. The number of thiocarbonyl (C=S) groups is 1. The van der Waals surface area contributed by atoms with Crippen molar-refractivity contribution < 1.29 is 14.3 Å². The summed E-state index contributed by atoms with van der Waals surface area (Å²) < 4.78 is 11.8. The minimum atomic E-state index is 0.00319. The monoisotopic (exact) mass is 375 g/mol. The van der Waals surface area contributed by atoms with E-state index < -0.39 is 0 Å². The van der Waals surface area contributed by atoms with Crippen LogP contribution in [0.2, 0.25) is 0 Å². The Hall–Kier alpha value is -1.79. The van der Waals surface area contributed by atoms with Crippen molar-refractivity contribution in [2.75, 3.05) is 20.3 Å². The maximum Gasteiger partial charge on any atom is 0.266 e. The number of para-hydroxylation sites is 1. The Morgan fingerprint density at radius 3 is 3.00 bits per heavy atom. The zero-order chi connectivity index (χ0) is 17.8. The number of ether oxygens (including phenoxy) is 2. The summed E-state index contributed by atoms with van der Waals surface area (Å²) >= 11 is 6.74. The molecule has 0 aromatic heterocycles. The van der Waals surface area contributed by atoms with Gasteiger partial charge in [0.2, 0.25) is 0 Å². The summed E-state index contributed by atoms with van der Waals surface area (Å²) in [5, 5.41) is 0. The Bertz CT molecular complexity index is 755. The molecule has 2 aliphatic heterocycles. The molecule has 0 radical (unpaired) electrons. The molecular formula is C19H21NO3S2. The number of unbranched alkanes of at least 4 members (excludes halogenated alkanes) is 2. The molecule has 1 aromatic carbocycles. The lowest BCUT2D eigenvalue weighted by atomic mass is 10.1. The third-order valence-electron chi connectivity index (χ3n) is 4.13. The number of hydrogen-bond donors (Lipinski definition) is 0. The van der Waals surface area contributed by atoms with E-state index >= 15 is 0 Å². The maximum absolute atomic E-state index is 12.6. The van der Waals surface area contributed by atoms with Gasteiger partial charge in [-0.05, 0) is 30.2 Å². The van der Waals surface area contributed by atoms with Crippen molar-refractivity contribution >= 4 is 40.3 Å². The van der Waals surface area contributed by atoms with Gasteiger partial charge in [-0.1, -0.05) is 55.9 Å². The van der Waals surface area contributed by atoms with Gasteiger partial charge < -0.3 is 9.47 Å². The number of hydrogen-bond acceptors (Lipinski definition) is 5. The van der Waals surface area contributed by atoms with Crippen LogP contribution in [0.5, 0.6) is 11.5 Å². The predicted octanol–water partition coefficient (Wildman–Crippen LogP) is 4.41. The molecule has 2 aliphatic rings. The Kier molecular flexibility index (Phi) is 5.81. The number of nitrogens with zero attached hydrogens (tertiary/aromatic N) is 1. The van der Waals surface area contributed by atoms with Crippen LogP contribution in [-0.4, -0.2) is 35.4 Å². The Labute approximate surface area is 157 Å². The first-order valence-corrected chi connectivity index (χ1v) is 9.62. The van der Waals surface area contributed by atoms with E-state index in [1.54, 1.807) is 12.0 Å². The smallest absolute Gasteiger partial charge is 0.266 e. The fraction of sp³-hybridized carbons (Fsp3) is 0.368. The van der Waals surface area contributed by atoms with Crippen molar-refractivity contribution in [3.05, 3.63) is 40.3 Å². The third kappa shape index (κ3) is 3.90. The molecule has 0 spiro atoms. The van der Waals surface area contributed by atoms with Crippen LogP contribution < -0.4 is 9.47 Å². The number of carbonyl (C=O) groups is 1. The molecule has 0 N–H and O–H groups in total. The molecule has 1 amide bonds. The van der Waals surface area contributed by atoms with Gasteiger partial charge in [-0.3, -0.25) is 9.69 Å². The number of carbonyl (C=O) groups excluding carboxylic acids is 1. The van der Waals surface area contributed by atoms with Crippen molar-refractivity contribution in [1.29, 1.82) is 0 Å². The van der Waals surface area contributed by atoms with Crippen molar-refractivity contribution in [1.82, 2.24) is 4.90 Å². The van der Waals surface area contributed by atoms with Crippen LogP contribution in [0.4, 0.5) is 0 Å². The SMILES string of the molecule is CCCCCN1C(=O)C(=CC2=Cc3cccc(OC)c3OC2)SC1=S. The van der Waals surface area contributed by atoms with E-state index in [0.717, 1.165) is 41.9 Å². The summed E-state index contributed by atoms with van der Waals surface area (Å²) in [5.74, 6) is 1.47. The number of rotatable bonds is 6. The van der Waals surface area contributed by atoms with Crippen molar-refractivity contribution in [3.63, 3.8) is 0 Å². The van der Waals surface area contributed by atoms with Crippen molar-refractivity contribution in [3.8, 4) is 11.5 Å². The topological polar surface area (TPSA) is 38.8 Å². The molecule has 2 heterocycles. The first-order chi connectivity index (χ1) is 12.1. The fourth-order valence-corrected chi connectivity index (χ4v) is 4.15. The zero-order valence-electron chi connectivity index (χ0n) is 14.4.